The number of aromatic carboxylic acids is 2. The number of aliphatic hydroxyl groups is 1. The van der Waals surface area contributed by atoms with Crippen molar-refractivity contribution in [2.75, 3.05) is 30.7 Å². The highest BCUT2D eigenvalue weighted by Gasteiger charge is 2.17. The fourth-order valence-electron chi connectivity index (χ4n) is 4.32. The van der Waals surface area contributed by atoms with Crippen LogP contribution in [-0.4, -0.2) is 61.6 Å². The van der Waals surface area contributed by atoms with Gasteiger partial charge in [0.15, 0.2) is 0 Å². The molecular weight excluding hydrogens is 588 g/mol. The van der Waals surface area contributed by atoms with Crippen molar-refractivity contribution in [2.45, 2.75) is 12.7 Å². The zero-order chi connectivity index (χ0) is 31.7. The first kappa shape index (κ1) is 32.0. The van der Waals surface area contributed by atoms with Crippen LogP contribution in [0.3, 0.4) is 0 Å². The van der Waals surface area contributed by atoms with E-state index < -0.39 is 28.1 Å². The molecule has 11 nitrogen and oxygen atoms in total. The maximum Gasteiger partial charge on any atom is 0.336 e. The van der Waals surface area contributed by atoms with E-state index in [0.717, 1.165) is 11.8 Å². The van der Waals surface area contributed by atoms with E-state index in [0.29, 0.717) is 34.7 Å². The fraction of sp³-hybridized carbons (Fsp3) is 0.188. The van der Waals surface area contributed by atoms with Crippen molar-refractivity contribution in [3.63, 3.8) is 0 Å². The molecule has 0 aliphatic heterocycles. The Bertz CT molecular complexity index is 1710. The highest BCUT2D eigenvalue weighted by atomic mass is 32.2. The lowest BCUT2D eigenvalue weighted by Crippen LogP contribution is -2.26. The second kappa shape index (κ2) is 14.5. The second-order valence-electron chi connectivity index (χ2n) is 9.87. The topological polar surface area (TPSA) is 171 Å². The molecule has 0 fully saturated rings. The lowest BCUT2D eigenvalue weighted by molar-refractivity contribution is 0.0651. The van der Waals surface area contributed by atoms with Crippen LogP contribution in [0.15, 0.2) is 91.0 Å². The van der Waals surface area contributed by atoms with Crippen LogP contribution in [0.4, 0.5) is 5.69 Å². The van der Waals surface area contributed by atoms with E-state index in [1.165, 1.54) is 12.1 Å². The smallest absolute Gasteiger partial charge is 0.336 e. The SMILES string of the molecule is CS(=O)(=O)Nc1cc([C@@H](O)CNCCOc2ccc(-c3ccc(C(=O)O)c(C(=O)O)c3)cc2)ccc1OCc1ccccc1. The third kappa shape index (κ3) is 9.04. The molecule has 0 heterocycles. The molecule has 4 aromatic carbocycles. The number of rotatable bonds is 15. The Kier molecular flexibility index (Phi) is 10.6. The maximum atomic E-state index is 11.9. The average molecular weight is 621 g/mol. The highest BCUT2D eigenvalue weighted by molar-refractivity contribution is 7.92. The molecule has 1 atom stereocenters. The first-order valence-corrected chi connectivity index (χ1v) is 15.4. The third-order valence-corrected chi connectivity index (χ3v) is 7.06. The number of aliphatic hydroxyl groups excluding tert-OH is 1. The van der Waals surface area contributed by atoms with Gasteiger partial charge in [-0.1, -0.05) is 54.6 Å². The van der Waals surface area contributed by atoms with Gasteiger partial charge in [-0.3, -0.25) is 4.72 Å². The van der Waals surface area contributed by atoms with Gasteiger partial charge in [-0.2, -0.15) is 0 Å². The van der Waals surface area contributed by atoms with Crippen LogP contribution in [0.2, 0.25) is 0 Å². The van der Waals surface area contributed by atoms with E-state index in [2.05, 4.69) is 10.0 Å². The molecule has 5 N–H and O–H groups in total. The number of carboxylic acid groups (broad SMARTS) is 2. The molecule has 0 aliphatic rings. The van der Waals surface area contributed by atoms with Crippen molar-refractivity contribution in [3.8, 4) is 22.6 Å². The fourth-order valence-corrected chi connectivity index (χ4v) is 4.88. The van der Waals surface area contributed by atoms with Gasteiger partial charge in [0.1, 0.15) is 24.7 Å². The van der Waals surface area contributed by atoms with Gasteiger partial charge in [-0.05, 0) is 58.7 Å². The van der Waals surface area contributed by atoms with Gasteiger partial charge in [0.25, 0.3) is 0 Å². The maximum absolute atomic E-state index is 11.9. The van der Waals surface area contributed by atoms with Gasteiger partial charge in [-0.25, -0.2) is 18.0 Å². The van der Waals surface area contributed by atoms with Crippen LogP contribution in [-0.2, 0) is 16.6 Å². The number of carboxylic acids is 2. The van der Waals surface area contributed by atoms with Crippen molar-refractivity contribution < 1.29 is 42.8 Å². The number of anilines is 1. The largest absolute Gasteiger partial charge is 0.492 e. The quantitative estimate of drug-likeness (QED) is 0.120. The van der Waals surface area contributed by atoms with Gasteiger partial charge in [0.05, 0.1) is 29.2 Å². The summed E-state index contributed by atoms with van der Waals surface area (Å²) < 4.78 is 37.9. The molecule has 4 rings (SSSR count). The van der Waals surface area contributed by atoms with E-state index in [1.807, 2.05) is 30.3 Å². The van der Waals surface area contributed by atoms with Gasteiger partial charge in [0.2, 0.25) is 10.0 Å². The first-order chi connectivity index (χ1) is 21.0. The van der Waals surface area contributed by atoms with Crippen molar-refractivity contribution in [2.24, 2.45) is 0 Å². The van der Waals surface area contributed by atoms with E-state index >= 15 is 0 Å². The summed E-state index contributed by atoms with van der Waals surface area (Å²) in [5.74, 6) is -1.73. The Morgan fingerprint density at radius 1 is 0.818 bits per heavy atom. The van der Waals surface area contributed by atoms with Crippen LogP contribution in [0.1, 0.15) is 37.9 Å². The van der Waals surface area contributed by atoms with Crippen molar-refractivity contribution in [1.82, 2.24) is 5.32 Å². The Hall–Kier alpha value is -4.91. The molecule has 0 saturated heterocycles. The van der Waals surface area contributed by atoms with E-state index in [1.54, 1.807) is 48.5 Å². The van der Waals surface area contributed by atoms with Crippen molar-refractivity contribution >= 4 is 27.6 Å². The summed E-state index contributed by atoms with van der Waals surface area (Å²) in [5.41, 5.74) is 2.32. The zero-order valence-electron chi connectivity index (χ0n) is 23.8. The van der Waals surface area contributed by atoms with Gasteiger partial charge in [-0.15, -0.1) is 0 Å². The number of sulfonamides is 1. The molecule has 0 radical (unpaired) electrons. The van der Waals surface area contributed by atoms with Crippen LogP contribution in [0, 0.1) is 0 Å². The molecule has 0 unspecified atom stereocenters. The lowest BCUT2D eigenvalue weighted by Gasteiger charge is -2.17. The summed E-state index contributed by atoms with van der Waals surface area (Å²) >= 11 is 0. The van der Waals surface area contributed by atoms with Crippen molar-refractivity contribution in [3.05, 3.63) is 113 Å². The van der Waals surface area contributed by atoms with E-state index in [9.17, 15) is 33.3 Å². The van der Waals surface area contributed by atoms with Crippen LogP contribution < -0.4 is 19.5 Å². The summed E-state index contributed by atoms with van der Waals surface area (Å²) in [5, 5.41) is 32.4. The minimum atomic E-state index is -3.59. The minimum absolute atomic E-state index is 0.184. The van der Waals surface area contributed by atoms with Gasteiger partial charge in [0, 0.05) is 13.1 Å². The second-order valence-corrected chi connectivity index (χ2v) is 11.6. The molecule has 12 heteroatoms. The number of hydrogen-bond acceptors (Lipinski definition) is 8. The lowest BCUT2D eigenvalue weighted by atomic mass is 9.99. The summed E-state index contributed by atoms with van der Waals surface area (Å²) in [6, 6.07) is 25.3. The third-order valence-electron chi connectivity index (χ3n) is 6.47. The van der Waals surface area contributed by atoms with E-state index in [4.69, 9.17) is 9.47 Å². The van der Waals surface area contributed by atoms with E-state index in [-0.39, 0.29) is 36.6 Å². The molecule has 0 aromatic heterocycles. The zero-order valence-corrected chi connectivity index (χ0v) is 24.6. The molecular formula is C32H32N2O9S. The number of nitrogens with one attached hydrogen (secondary N) is 2. The summed E-state index contributed by atoms with van der Waals surface area (Å²) in [7, 11) is -3.59. The standard InChI is InChI=1S/C32H32N2O9S/c1-44(40,41)34-28-18-24(10-14-30(28)43-20-21-5-3-2-4-6-21)29(35)19-33-15-16-42-25-11-7-22(8-12-25)23-9-13-26(31(36)37)27(17-23)32(38)39/h2-14,17-18,29,33-35H,15-16,19-20H2,1H3,(H,36,37)(H,38,39)/t29-/m0/s1. The normalized spacial score (nSPS) is 11.9. The molecule has 4 aromatic rings. The van der Waals surface area contributed by atoms with Gasteiger partial charge >= 0.3 is 11.9 Å². The highest BCUT2D eigenvalue weighted by Crippen LogP contribution is 2.30. The molecule has 0 bridgehead atoms. The first-order valence-electron chi connectivity index (χ1n) is 13.5. The Morgan fingerprint density at radius 3 is 2.16 bits per heavy atom. The number of hydrogen-bond donors (Lipinski definition) is 5. The number of ether oxygens (including phenoxy) is 2. The Labute approximate surface area is 254 Å². The predicted octanol–water partition coefficient (Wildman–Crippen LogP) is 4.40. The predicted molar refractivity (Wildman–Crippen MR) is 165 cm³/mol. The molecule has 0 spiro atoms. The Balaban J connectivity index is 1.29. The molecule has 230 valence electrons. The molecule has 0 aliphatic carbocycles. The summed E-state index contributed by atoms with van der Waals surface area (Å²) in [6.45, 7) is 1.12. The summed E-state index contributed by atoms with van der Waals surface area (Å²) in [4.78, 5) is 22.8. The van der Waals surface area contributed by atoms with Crippen LogP contribution >= 0.6 is 0 Å². The number of benzene rings is 4. The minimum Gasteiger partial charge on any atom is -0.492 e. The molecule has 0 saturated carbocycles. The van der Waals surface area contributed by atoms with Gasteiger partial charge < -0.3 is 30.1 Å². The van der Waals surface area contributed by atoms with Crippen LogP contribution in [0.25, 0.3) is 11.1 Å². The number of carbonyl (C=O) groups is 2. The van der Waals surface area contributed by atoms with Crippen LogP contribution in [0.5, 0.6) is 11.5 Å². The molecule has 0 amide bonds. The molecule has 44 heavy (non-hydrogen) atoms. The summed E-state index contributed by atoms with van der Waals surface area (Å²) in [6.07, 6.45) is 0.112. The van der Waals surface area contributed by atoms with Crippen molar-refractivity contribution in [1.29, 1.82) is 0 Å². The monoisotopic (exact) mass is 620 g/mol. The average Bonchev–Trinajstić information content (AvgIpc) is 2.99. The Morgan fingerprint density at radius 2 is 1.50 bits per heavy atom.